The fourth-order valence-electron chi connectivity index (χ4n) is 0.633. The van der Waals surface area contributed by atoms with Gasteiger partial charge in [-0.25, -0.2) is 8.78 Å². The van der Waals surface area contributed by atoms with E-state index in [2.05, 4.69) is 21.9 Å². The van der Waals surface area contributed by atoms with E-state index in [0.29, 0.717) is 10.0 Å². The Hall–Kier alpha value is -0.880. The zero-order chi connectivity index (χ0) is 8.43. The van der Waals surface area contributed by atoms with Gasteiger partial charge in [0.05, 0.1) is 0 Å². The van der Waals surface area contributed by atoms with Crippen molar-refractivity contribution in [1.82, 2.24) is 0 Å². The number of rotatable bonds is 0. The van der Waals surface area contributed by atoms with Crippen LogP contribution in [0.4, 0.5) is 8.78 Å². The molecular weight excluding hydrogens is 214 g/mol. The highest BCUT2D eigenvalue weighted by molar-refractivity contribution is 9.10. The Bertz CT molecular complexity index is 326. The largest absolute Gasteiger partial charge is 0.204 e. The molecule has 0 amide bonds. The molecular formula is C8H3BrF2. The minimum Gasteiger partial charge on any atom is -0.204 e. The quantitative estimate of drug-likeness (QED) is 0.463. The average Bonchev–Trinajstić information content (AvgIpc) is 1.97. The van der Waals surface area contributed by atoms with Crippen molar-refractivity contribution >= 4 is 15.9 Å². The molecule has 0 fully saturated rings. The van der Waals surface area contributed by atoms with E-state index in [-0.39, 0.29) is 0 Å². The summed E-state index contributed by atoms with van der Waals surface area (Å²) in [6, 6.07) is 1.98. The van der Waals surface area contributed by atoms with E-state index in [1.54, 1.807) is 0 Å². The van der Waals surface area contributed by atoms with Crippen LogP contribution in [0.3, 0.4) is 0 Å². The van der Waals surface area contributed by atoms with Crippen molar-refractivity contribution in [3.8, 4) is 12.3 Å². The summed E-state index contributed by atoms with van der Waals surface area (Å²) in [7, 11) is 0. The normalized spacial score (nSPS) is 9.27. The van der Waals surface area contributed by atoms with Crippen LogP contribution in [0.2, 0.25) is 0 Å². The lowest BCUT2D eigenvalue weighted by atomic mass is 10.2. The van der Waals surface area contributed by atoms with E-state index in [1.807, 2.05) is 0 Å². The van der Waals surface area contributed by atoms with Crippen LogP contribution in [0, 0.1) is 24.0 Å². The van der Waals surface area contributed by atoms with Crippen molar-refractivity contribution in [2.45, 2.75) is 0 Å². The van der Waals surface area contributed by atoms with E-state index < -0.39 is 11.6 Å². The minimum absolute atomic E-state index is 0.309. The highest BCUT2D eigenvalue weighted by Gasteiger charge is 2.05. The fourth-order valence-corrected chi connectivity index (χ4v) is 1.06. The van der Waals surface area contributed by atoms with E-state index in [0.717, 1.165) is 12.1 Å². The molecule has 0 heterocycles. The third kappa shape index (κ3) is 1.58. The Kier molecular flexibility index (Phi) is 2.25. The Morgan fingerprint density at radius 3 is 2.36 bits per heavy atom. The first-order chi connectivity index (χ1) is 5.15. The zero-order valence-electron chi connectivity index (χ0n) is 5.37. The van der Waals surface area contributed by atoms with Crippen molar-refractivity contribution in [1.29, 1.82) is 0 Å². The third-order valence-corrected chi connectivity index (χ3v) is 1.82. The first-order valence-electron chi connectivity index (χ1n) is 2.76. The monoisotopic (exact) mass is 216 g/mol. The summed E-state index contributed by atoms with van der Waals surface area (Å²) >= 11 is 2.99. The Labute approximate surface area is 71.4 Å². The standard InChI is InChI=1S/C8H3BrF2/c1-2-5-3-7(10)8(11)4-6(5)9/h1,3-4H. The molecule has 0 saturated heterocycles. The van der Waals surface area contributed by atoms with Crippen LogP contribution in [0.5, 0.6) is 0 Å². The molecule has 0 spiro atoms. The molecule has 0 saturated carbocycles. The van der Waals surface area contributed by atoms with Crippen LogP contribution in [-0.4, -0.2) is 0 Å². The van der Waals surface area contributed by atoms with E-state index in [1.165, 1.54) is 0 Å². The number of halogens is 3. The van der Waals surface area contributed by atoms with E-state index in [4.69, 9.17) is 6.42 Å². The van der Waals surface area contributed by atoms with Crippen LogP contribution in [-0.2, 0) is 0 Å². The van der Waals surface area contributed by atoms with Gasteiger partial charge in [0.1, 0.15) is 0 Å². The Morgan fingerprint density at radius 1 is 1.27 bits per heavy atom. The minimum atomic E-state index is -0.929. The molecule has 0 atom stereocenters. The average molecular weight is 217 g/mol. The predicted molar refractivity (Wildman–Crippen MR) is 42.0 cm³/mol. The van der Waals surface area contributed by atoms with Crippen LogP contribution in [0.15, 0.2) is 16.6 Å². The topological polar surface area (TPSA) is 0 Å². The van der Waals surface area contributed by atoms with Gasteiger partial charge >= 0.3 is 0 Å². The van der Waals surface area contributed by atoms with Gasteiger partial charge in [0.25, 0.3) is 0 Å². The van der Waals surface area contributed by atoms with Crippen LogP contribution in [0.1, 0.15) is 5.56 Å². The summed E-state index contributed by atoms with van der Waals surface area (Å²) in [6.45, 7) is 0. The molecule has 0 nitrogen and oxygen atoms in total. The molecule has 11 heavy (non-hydrogen) atoms. The molecule has 0 aliphatic rings. The molecule has 1 aromatic rings. The maximum absolute atomic E-state index is 12.5. The Morgan fingerprint density at radius 2 is 1.82 bits per heavy atom. The number of hydrogen-bond donors (Lipinski definition) is 0. The molecule has 0 unspecified atom stereocenters. The van der Waals surface area contributed by atoms with Gasteiger partial charge in [-0.2, -0.15) is 0 Å². The van der Waals surface area contributed by atoms with Crippen molar-refractivity contribution in [3.05, 3.63) is 33.8 Å². The number of hydrogen-bond acceptors (Lipinski definition) is 0. The van der Waals surface area contributed by atoms with Crippen LogP contribution in [0.25, 0.3) is 0 Å². The smallest absolute Gasteiger partial charge is 0.160 e. The molecule has 0 aliphatic carbocycles. The van der Waals surface area contributed by atoms with Crippen molar-refractivity contribution < 1.29 is 8.78 Å². The SMILES string of the molecule is C#Cc1cc(F)c(F)cc1Br. The highest BCUT2D eigenvalue weighted by Crippen LogP contribution is 2.19. The van der Waals surface area contributed by atoms with Crippen molar-refractivity contribution in [2.75, 3.05) is 0 Å². The van der Waals surface area contributed by atoms with Gasteiger partial charge < -0.3 is 0 Å². The molecule has 1 aromatic carbocycles. The van der Waals surface area contributed by atoms with Gasteiger partial charge in [0.15, 0.2) is 11.6 Å². The number of benzene rings is 1. The van der Waals surface area contributed by atoms with Gasteiger partial charge in [-0.3, -0.25) is 0 Å². The van der Waals surface area contributed by atoms with Gasteiger partial charge in [0.2, 0.25) is 0 Å². The second kappa shape index (κ2) is 3.02. The predicted octanol–water partition coefficient (Wildman–Crippen LogP) is 2.71. The summed E-state index contributed by atoms with van der Waals surface area (Å²) in [5.41, 5.74) is 0.309. The van der Waals surface area contributed by atoms with E-state index in [9.17, 15) is 8.78 Å². The summed E-state index contributed by atoms with van der Waals surface area (Å²) in [6.07, 6.45) is 5.00. The second-order valence-electron chi connectivity index (χ2n) is 1.89. The van der Waals surface area contributed by atoms with Gasteiger partial charge in [-0.05, 0) is 28.1 Å². The summed E-state index contributed by atoms with van der Waals surface area (Å²) in [5.74, 6) is 0.374. The zero-order valence-corrected chi connectivity index (χ0v) is 6.95. The lowest BCUT2D eigenvalue weighted by Crippen LogP contribution is -1.86. The fraction of sp³-hybridized carbons (Fsp3) is 0. The number of terminal acetylenes is 1. The molecule has 0 radical (unpaired) electrons. The summed E-state index contributed by atoms with van der Waals surface area (Å²) < 4.78 is 25.3. The van der Waals surface area contributed by atoms with Crippen LogP contribution >= 0.6 is 15.9 Å². The maximum atomic E-state index is 12.5. The maximum Gasteiger partial charge on any atom is 0.160 e. The van der Waals surface area contributed by atoms with Gasteiger partial charge in [-0.15, -0.1) is 6.42 Å². The highest BCUT2D eigenvalue weighted by atomic mass is 79.9. The molecule has 0 N–H and O–H groups in total. The van der Waals surface area contributed by atoms with Crippen molar-refractivity contribution in [2.24, 2.45) is 0 Å². The van der Waals surface area contributed by atoms with Crippen molar-refractivity contribution in [3.63, 3.8) is 0 Å². The Balaban J connectivity index is 3.35. The first kappa shape index (κ1) is 8.22. The second-order valence-corrected chi connectivity index (χ2v) is 2.74. The van der Waals surface area contributed by atoms with E-state index >= 15 is 0 Å². The first-order valence-corrected chi connectivity index (χ1v) is 3.55. The third-order valence-electron chi connectivity index (χ3n) is 1.17. The van der Waals surface area contributed by atoms with Gasteiger partial charge in [0, 0.05) is 10.0 Å². The molecule has 1 rings (SSSR count). The summed E-state index contributed by atoms with van der Waals surface area (Å²) in [4.78, 5) is 0. The lowest BCUT2D eigenvalue weighted by molar-refractivity contribution is 0.507. The summed E-state index contributed by atoms with van der Waals surface area (Å²) in [5, 5.41) is 0. The lowest BCUT2D eigenvalue weighted by Gasteiger charge is -1.96. The molecule has 56 valence electrons. The van der Waals surface area contributed by atoms with Crippen LogP contribution < -0.4 is 0 Å². The molecule has 0 aromatic heterocycles. The molecule has 0 aliphatic heterocycles. The molecule has 3 heteroatoms. The van der Waals surface area contributed by atoms with Gasteiger partial charge in [-0.1, -0.05) is 5.92 Å². The molecule has 0 bridgehead atoms.